The number of esters is 1. The third-order valence-corrected chi connectivity index (χ3v) is 9.64. The molecule has 0 unspecified atom stereocenters. The standard InChI is InChI=1S/C25H42O4/c1-15(5-8-22(28)29-4)18-6-7-19-23-20(10-12-25(18,19)3)24(2)11-9-17(26)13-16(24)14-21(23)27/h15-21,23,26-27H,5-14H2,1-4H3/t15-,16+,17+,18-,19+,20+,21+,23-,24+,25-/m1/s1/i9D2,13D2,17D. The van der Waals surface area contributed by atoms with Crippen LogP contribution in [0.5, 0.6) is 0 Å². The van der Waals surface area contributed by atoms with Crippen LogP contribution >= 0.6 is 0 Å². The molecule has 166 valence electrons. The molecule has 0 aromatic rings. The summed E-state index contributed by atoms with van der Waals surface area (Å²) in [6.07, 6.45) is -3.44. The zero-order chi connectivity index (χ0) is 25.5. The average Bonchev–Trinajstić information content (AvgIpc) is 3.09. The molecule has 4 aliphatic carbocycles. The summed E-state index contributed by atoms with van der Waals surface area (Å²) < 4.78 is 47.2. The maximum atomic E-state index is 11.7. The molecule has 0 heterocycles. The highest BCUT2D eigenvalue weighted by Gasteiger charge is 2.62. The number of methoxy groups -OCH3 is 1. The van der Waals surface area contributed by atoms with Gasteiger partial charge in [0.1, 0.15) is 0 Å². The Morgan fingerprint density at radius 2 is 1.93 bits per heavy atom. The van der Waals surface area contributed by atoms with Crippen LogP contribution in [0.1, 0.15) is 91.7 Å². The normalized spacial score (nSPS) is 58.8. The number of rotatable bonds is 4. The Morgan fingerprint density at radius 3 is 2.66 bits per heavy atom. The molecule has 4 saturated carbocycles. The number of aliphatic hydroxyl groups is 2. The van der Waals surface area contributed by atoms with E-state index in [9.17, 15) is 15.0 Å². The minimum absolute atomic E-state index is 0.0176. The first-order valence-electron chi connectivity index (χ1n) is 14.0. The van der Waals surface area contributed by atoms with Crippen molar-refractivity contribution in [3.8, 4) is 0 Å². The predicted molar refractivity (Wildman–Crippen MR) is 113 cm³/mol. The molecular formula is C25H42O4. The molecule has 0 saturated heterocycles. The summed E-state index contributed by atoms with van der Waals surface area (Å²) >= 11 is 0. The van der Waals surface area contributed by atoms with E-state index < -0.39 is 36.3 Å². The van der Waals surface area contributed by atoms with Crippen molar-refractivity contribution in [1.29, 1.82) is 0 Å². The highest BCUT2D eigenvalue weighted by atomic mass is 16.5. The van der Waals surface area contributed by atoms with E-state index in [1.54, 1.807) is 0 Å². The number of fused-ring (bicyclic) bond motifs is 5. The molecule has 29 heavy (non-hydrogen) atoms. The summed E-state index contributed by atoms with van der Waals surface area (Å²) in [6, 6.07) is 0. The fraction of sp³-hybridized carbons (Fsp3) is 0.960. The van der Waals surface area contributed by atoms with Gasteiger partial charge in [-0.05, 0) is 104 Å². The lowest BCUT2D eigenvalue weighted by Gasteiger charge is -2.62. The van der Waals surface area contributed by atoms with Gasteiger partial charge in [0.25, 0.3) is 0 Å². The topological polar surface area (TPSA) is 66.8 Å². The quantitative estimate of drug-likeness (QED) is 0.665. The summed E-state index contributed by atoms with van der Waals surface area (Å²) in [6.45, 7) is 6.48. The van der Waals surface area contributed by atoms with Crippen LogP contribution in [-0.2, 0) is 9.53 Å². The van der Waals surface area contributed by atoms with Crippen molar-refractivity contribution >= 4 is 5.97 Å². The van der Waals surface area contributed by atoms with Gasteiger partial charge in [-0.25, -0.2) is 0 Å². The lowest BCUT2D eigenvalue weighted by Crippen LogP contribution is -2.58. The maximum Gasteiger partial charge on any atom is 0.305 e. The number of hydrogen-bond donors (Lipinski definition) is 2. The molecule has 0 amide bonds. The number of ether oxygens (including phenoxy) is 1. The molecule has 0 bridgehead atoms. The smallest absolute Gasteiger partial charge is 0.305 e. The van der Waals surface area contributed by atoms with Crippen molar-refractivity contribution in [2.75, 3.05) is 7.11 Å². The molecule has 4 fully saturated rings. The maximum absolute atomic E-state index is 11.7. The molecule has 4 aliphatic rings. The molecule has 2 N–H and O–H groups in total. The van der Waals surface area contributed by atoms with Crippen molar-refractivity contribution in [3.05, 3.63) is 0 Å². The van der Waals surface area contributed by atoms with E-state index in [1.807, 2.05) is 6.92 Å². The SMILES string of the molecule is [2H]C1([2H])C[C@@]2(C)[C@H](C[C@H](O)[C@H]3[C@@H]2CC[C@]2(C)[C@@H]([C@H](C)CCC(=O)OC)CC[C@@H]32)C([2H])([2H])[C@@]1([2H])O. The third-order valence-electron chi connectivity index (χ3n) is 9.64. The van der Waals surface area contributed by atoms with E-state index in [4.69, 9.17) is 11.6 Å². The van der Waals surface area contributed by atoms with Crippen molar-refractivity contribution in [3.63, 3.8) is 0 Å². The number of carbonyl (C=O) groups excluding carboxylic acids is 1. The molecule has 4 nitrogen and oxygen atoms in total. The van der Waals surface area contributed by atoms with Crippen LogP contribution < -0.4 is 0 Å². The molecule has 0 radical (unpaired) electrons. The molecule has 4 rings (SSSR count). The third kappa shape index (κ3) is 3.46. The van der Waals surface area contributed by atoms with Gasteiger partial charge >= 0.3 is 5.97 Å². The summed E-state index contributed by atoms with van der Waals surface area (Å²) in [4.78, 5) is 11.7. The molecule has 0 spiro atoms. The molecule has 0 aromatic heterocycles. The lowest BCUT2D eigenvalue weighted by atomic mass is 9.43. The van der Waals surface area contributed by atoms with Crippen molar-refractivity contribution in [2.24, 2.45) is 46.3 Å². The van der Waals surface area contributed by atoms with Gasteiger partial charge in [-0.2, -0.15) is 0 Å². The van der Waals surface area contributed by atoms with E-state index in [0.717, 1.165) is 32.1 Å². The molecule has 0 aromatic carbocycles. The first-order chi connectivity index (χ1) is 15.5. The Hall–Kier alpha value is -0.610. The Balaban J connectivity index is 1.63. The van der Waals surface area contributed by atoms with Crippen molar-refractivity contribution in [2.45, 2.75) is 97.1 Å². The van der Waals surface area contributed by atoms with E-state index in [1.165, 1.54) is 7.11 Å². The van der Waals surface area contributed by atoms with Gasteiger partial charge in [0.05, 0.1) is 20.7 Å². The molecule has 0 aliphatic heterocycles. The summed E-state index contributed by atoms with van der Waals surface area (Å²) in [7, 11) is 1.41. The number of aliphatic hydroxyl groups excluding tert-OH is 1. The fourth-order valence-corrected chi connectivity index (χ4v) is 8.02. The van der Waals surface area contributed by atoms with Crippen LogP contribution in [0.3, 0.4) is 0 Å². The fourth-order valence-electron chi connectivity index (χ4n) is 8.02. The van der Waals surface area contributed by atoms with Crippen molar-refractivity contribution in [1.82, 2.24) is 0 Å². The van der Waals surface area contributed by atoms with E-state index in [-0.39, 0.29) is 42.0 Å². The van der Waals surface area contributed by atoms with Crippen LogP contribution in [-0.4, -0.2) is 35.5 Å². The predicted octanol–water partition coefficient (Wildman–Crippen LogP) is 4.57. The molecular weight excluding hydrogens is 364 g/mol. The first kappa shape index (κ1) is 16.1. The second-order valence-electron chi connectivity index (χ2n) is 10.8. The highest BCUT2D eigenvalue weighted by molar-refractivity contribution is 5.69. The molecule has 10 atom stereocenters. The summed E-state index contributed by atoms with van der Waals surface area (Å²) in [5.41, 5.74) is -0.718. The van der Waals surface area contributed by atoms with Crippen LogP contribution in [0.4, 0.5) is 0 Å². The molecule has 4 heteroatoms. The minimum atomic E-state index is -2.85. The largest absolute Gasteiger partial charge is 0.469 e. The monoisotopic (exact) mass is 411 g/mol. The van der Waals surface area contributed by atoms with Gasteiger partial charge in [0.2, 0.25) is 0 Å². The number of hydrogen-bond acceptors (Lipinski definition) is 4. The van der Waals surface area contributed by atoms with Gasteiger partial charge in [-0.3, -0.25) is 4.79 Å². The zero-order valence-corrected chi connectivity index (χ0v) is 18.4. The van der Waals surface area contributed by atoms with Crippen LogP contribution in [0.2, 0.25) is 0 Å². The summed E-state index contributed by atoms with van der Waals surface area (Å²) in [5.74, 6) is -0.00573. The Morgan fingerprint density at radius 1 is 1.21 bits per heavy atom. The van der Waals surface area contributed by atoms with E-state index in [2.05, 4.69) is 13.8 Å². The van der Waals surface area contributed by atoms with Gasteiger partial charge in [-0.15, -0.1) is 0 Å². The second-order valence-corrected chi connectivity index (χ2v) is 10.8. The van der Waals surface area contributed by atoms with Crippen molar-refractivity contribution < 1.29 is 26.6 Å². The van der Waals surface area contributed by atoms with Crippen LogP contribution in [0.15, 0.2) is 0 Å². The van der Waals surface area contributed by atoms with Gasteiger partial charge in [0.15, 0.2) is 0 Å². The van der Waals surface area contributed by atoms with Gasteiger partial charge in [0, 0.05) is 11.9 Å². The Kier molecular flexibility index (Phi) is 4.34. The Labute approximate surface area is 183 Å². The van der Waals surface area contributed by atoms with Gasteiger partial charge < -0.3 is 14.9 Å². The van der Waals surface area contributed by atoms with Gasteiger partial charge in [-0.1, -0.05) is 20.8 Å². The highest BCUT2D eigenvalue weighted by Crippen LogP contribution is 2.68. The first-order valence-corrected chi connectivity index (χ1v) is 11.5. The Bertz CT molecular complexity index is 819. The van der Waals surface area contributed by atoms with E-state index in [0.29, 0.717) is 18.3 Å². The second kappa shape index (κ2) is 7.82. The average molecular weight is 412 g/mol. The van der Waals surface area contributed by atoms with Crippen LogP contribution in [0.25, 0.3) is 0 Å². The minimum Gasteiger partial charge on any atom is -0.469 e. The summed E-state index contributed by atoms with van der Waals surface area (Å²) in [5, 5.41) is 22.1. The van der Waals surface area contributed by atoms with E-state index >= 15 is 0 Å². The van der Waals surface area contributed by atoms with Crippen LogP contribution in [0, 0.1) is 46.3 Å². The lowest BCUT2D eigenvalue weighted by molar-refractivity contribution is -0.174. The zero-order valence-electron chi connectivity index (χ0n) is 23.4. The number of carbonyl (C=O) groups is 1.